The fraction of sp³-hybridized carbons (Fsp3) is 0.250. The summed E-state index contributed by atoms with van der Waals surface area (Å²) in [6.45, 7) is 5.05. The van der Waals surface area contributed by atoms with Crippen molar-refractivity contribution >= 4 is 23.3 Å². The van der Waals surface area contributed by atoms with Crippen LogP contribution in [0, 0.1) is 6.92 Å². The number of aromatic carboxylic acids is 1. The third-order valence-electron chi connectivity index (χ3n) is 3.21. The number of hydrogen-bond acceptors (Lipinski definition) is 3. The van der Waals surface area contributed by atoms with Crippen molar-refractivity contribution in [3.8, 4) is 0 Å². The Morgan fingerprint density at radius 2 is 2.00 bits per heavy atom. The molecule has 21 heavy (non-hydrogen) atoms. The largest absolute Gasteiger partial charge is 0.478 e. The Labute approximate surface area is 129 Å². The smallest absolute Gasteiger partial charge is 0.337 e. The van der Waals surface area contributed by atoms with Gasteiger partial charge in [0, 0.05) is 12.2 Å². The molecule has 4 nitrogen and oxygen atoms in total. The lowest BCUT2D eigenvalue weighted by atomic mass is 10.1. The lowest BCUT2D eigenvalue weighted by molar-refractivity contribution is 0.0697. The molecule has 0 aliphatic heterocycles. The van der Waals surface area contributed by atoms with E-state index in [1.165, 1.54) is 0 Å². The van der Waals surface area contributed by atoms with Crippen LogP contribution in [0.1, 0.15) is 28.7 Å². The Morgan fingerprint density at radius 3 is 2.62 bits per heavy atom. The number of benzene rings is 1. The Kier molecular flexibility index (Phi) is 4.81. The standard InChI is InChI=1S/C16H17ClN2O2/c1-3-19(10-12-7-4-6-11(2)18-12)15-13(16(20)21)8-5-9-14(15)17/h4-9H,3,10H2,1-2H3,(H,20,21). The normalized spacial score (nSPS) is 10.4. The third-order valence-corrected chi connectivity index (χ3v) is 3.52. The fourth-order valence-corrected chi connectivity index (χ4v) is 2.54. The second-order valence-electron chi connectivity index (χ2n) is 4.73. The number of carboxylic acid groups (broad SMARTS) is 1. The molecule has 0 atom stereocenters. The number of carbonyl (C=O) groups is 1. The molecule has 5 heteroatoms. The minimum Gasteiger partial charge on any atom is -0.478 e. The van der Waals surface area contributed by atoms with Gasteiger partial charge in [0.05, 0.1) is 28.5 Å². The van der Waals surface area contributed by atoms with Crippen LogP contribution in [0.2, 0.25) is 5.02 Å². The summed E-state index contributed by atoms with van der Waals surface area (Å²) in [4.78, 5) is 17.8. The summed E-state index contributed by atoms with van der Waals surface area (Å²) in [5, 5.41) is 9.78. The molecule has 0 bridgehead atoms. The van der Waals surface area contributed by atoms with Crippen molar-refractivity contribution in [2.75, 3.05) is 11.4 Å². The first-order valence-corrected chi connectivity index (χ1v) is 7.10. The van der Waals surface area contributed by atoms with Crippen LogP contribution in [0.5, 0.6) is 0 Å². The van der Waals surface area contributed by atoms with E-state index in [9.17, 15) is 9.90 Å². The molecular weight excluding hydrogens is 288 g/mol. The fourth-order valence-electron chi connectivity index (χ4n) is 2.24. The number of nitrogens with zero attached hydrogens (tertiary/aromatic N) is 2. The van der Waals surface area contributed by atoms with Gasteiger partial charge in [-0.15, -0.1) is 0 Å². The highest BCUT2D eigenvalue weighted by atomic mass is 35.5. The molecule has 0 radical (unpaired) electrons. The van der Waals surface area contributed by atoms with Gasteiger partial charge in [-0.05, 0) is 38.1 Å². The van der Waals surface area contributed by atoms with Crippen LogP contribution in [0.3, 0.4) is 0 Å². The molecule has 0 aliphatic rings. The van der Waals surface area contributed by atoms with Crippen LogP contribution in [0.15, 0.2) is 36.4 Å². The van der Waals surface area contributed by atoms with Crippen molar-refractivity contribution in [3.05, 3.63) is 58.4 Å². The SMILES string of the molecule is CCN(Cc1cccc(C)n1)c1c(Cl)cccc1C(=O)O. The summed E-state index contributed by atoms with van der Waals surface area (Å²) >= 11 is 6.22. The van der Waals surface area contributed by atoms with Gasteiger partial charge in [-0.1, -0.05) is 23.7 Å². The van der Waals surface area contributed by atoms with Gasteiger partial charge in [0.1, 0.15) is 0 Å². The number of rotatable bonds is 5. The molecule has 1 aromatic carbocycles. The molecule has 2 rings (SSSR count). The van der Waals surface area contributed by atoms with Crippen LogP contribution < -0.4 is 4.90 Å². The maximum absolute atomic E-state index is 11.4. The van der Waals surface area contributed by atoms with E-state index in [4.69, 9.17) is 11.6 Å². The van der Waals surface area contributed by atoms with E-state index in [-0.39, 0.29) is 5.56 Å². The van der Waals surface area contributed by atoms with Gasteiger partial charge < -0.3 is 10.0 Å². The average Bonchev–Trinajstić information content (AvgIpc) is 2.45. The molecule has 0 amide bonds. The minimum absolute atomic E-state index is 0.206. The number of aromatic nitrogens is 1. The van der Waals surface area contributed by atoms with Crippen molar-refractivity contribution in [1.29, 1.82) is 0 Å². The summed E-state index contributed by atoms with van der Waals surface area (Å²) < 4.78 is 0. The van der Waals surface area contributed by atoms with Gasteiger partial charge in [0.2, 0.25) is 0 Å². The summed E-state index contributed by atoms with van der Waals surface area (Å²) in [5.41, 5.74) is 2.56. The zero-order chi connectivity index (χ0) is 15.4. The second kappa shape index (κ2) is 6.59. The molecule has 1 aromatic heterocycles. The highest BCUT2D eigenvalue weighted by Gasteiger charge is 2.18. The van der Waals surface area contributed by atoms with Gasteiger partial charge >= 0.3 is 5.97 Å². The number of halogens is 1. The molecule has 110 valence electrons. The van der Waals surface area contributed by atoms with E-state index in [0.717, 1.165) is 11.4 Å². The van der Waals surface area contributed by atoms with Crippen LogP contribution in [0.25, 0.3) is 0 Å². The van der Waals surface area contributed by atoms with Gasteiger partial charge in [0.25, 0.3) is 0 Å². The van der Waals surface area contributed by atoms with Crippen LogP contribution in [-0.4, -0.2) is 22.6 Å². The highest BCUT2D eigenvalue weighted by Crippen LogP contribution is 2.31. The van der Waals surface area contributed by atoms with Crippen molar-refractivity contribution in [3.63, 3.8) is 0 Å². The van der Waals surface area contributed by atoms with Gasteiger partial charge in [-0.25, -0.2) is 4.79 Å². The molecule has 0 saturated heterocycles. The lowest BCUT2D eigenvalue weighted by Gasteiger charge is -2.25. The van der Waals surface area contributed by atoms with Crippen molar-refractivity contribution in [1.82, 2.24) is 4.98 Å². The van der Waals surface area contributed by atoms with E-state index in [1.807, 2.05) is 36.9 Å². The van der Waals surface area contributed by atoms with Crippen LogP contribution >= 0.6 is 11.6 Å². The Hall–Kier alpha value is -2.07. The van der Waals surface area contributed by atoms with Crippen LogP contribution in [-0.2, 0) is 6.54 Å². The topological polar surface area (TPSA) is 53.4 Å². The zero-order valence-corrected chi connectivity index (χ0v) is 12.8. The quantitative estimate of drug-likeness (QED) is 0.913. The maximum atomic E-state index is 11.4. The second-order valence-corrected chi connectivity index (χ2v) is 5.13. The molecule has 1 heterocycles. The summed E-state index contributed by atoms with van der Waals surface area (Å²) in [7, 11) is 0. The average molecular weight is 305 g/mol. The van der Waals surface area contributed by atoms with Gasteiger partial charge in [-0.2, -0.15) is 0 Å². The van der Waals surface area contributed by atoms with E-state index < -0.39 is 5.97 Å². The Morgan fingerprint density at radius 1 is 1.29 bits per heavy atom. The molecule has 0 unspecified atom stereocenters. The van der Waals surface area contributed by atoms with Crippen LogP contribution in [0.4, 0.5) is 5.69 Å². The predicted octanol–water partition coefficient (Wildman–Crippen LogP) is 3.77. The van der Waals surface area contributed by atoms with E-state index in [0.29, 0.717) is 23.8 Å². The molecule has 0 aliphatic carbocycles. The number of aryl methyl sites for hydroxylation is 1. The molecule has 2 aromatic rings. The Balaban J connectivity index is 2.40. The van der Waals surface area contributed by atoms with E-state index >= 15 is 0 Å². The van der Waals surface area contributed by atoms with Crippen molar-refractivity contribution in [2.45, 2.75) is 20.4 Å². The number of carboxylic acids is 1. The third kappa shape index (κ3) is 3.52. The van der Waals surface area contributed by atoms with Crippen molar-refractivity contribution < 1.29 is 9.90 Å². The number of anilines is 1. The molecule has 0 spiro atoms. The highest BCUT2D eigenvalue weighted by molar-refractivity contribution is 6.34. The van der Waals surface area contributed by atoms with Gasteiger partial charge in [0.15, 0.2) is 0 Å². The maximum Gasteiger partial charge on any atom is 0.337 e. The first kappa shape index (κ1) is 15.3. The van der Waals surface area contributed by atoms with E-state index in [2.05, 4.69) is 4.98 Å². The minimum atomic E-state index is -0.983. The molecule has 0 fully saturated rings. The summed E-state index contributed by atoms with van der Waals surface area (Å²) in [5.74, 6) is -0.983. The van der Waals surface area contributed by atoms with Gasteiger partial charge in [-0.3, -0.25) is 4.98 Å². The lowest BCUT2D eigenvalue weighted by Crippen LogP contribution is -2.25. The first-order valence-electron chi connectivity index (χ1n) is 6.72. The number of hydrogen-bond donors (Lipinski definition) is 1. The number of para-hydroxylation sites is 1. The summed E-state index contributed by atoms with van der Waals surface area (Å²) in [6, 6.07) is 10.7. The molecule has 0 saturated carbocycles. The summed E-state index contributed by atoms with van der Waals surface area (Å²) in [6.07, 6.45) is 0. The zero-order valence-electron chi connectivity index (χ0n) is 12.0. The monoisotopic (exact) mass is 304 g/mol. The number of pyridine rings is 1. The molecule has 1 N–H and O–H groups in total. The Bertz CT molecular complexity index is 658. The molecular formula is C16H17ClN2O2. The predicted molar refractivity (Wildman–Crippen MR) is 84.1 cm³/mol. The first-order chi connectivity index (χ1) is 10.0. The van der Waals surface area contributed by atoms with Crippen molar-refractivity contribution in [2.24, 2.45) is 0 Å². The van der Waals surface area contributed by atoms with E-state index in [1.54, 1.807) is 18.2 Å².